The molecule has 0 atom stereocenters. The van der Waals surface area contributed by atoms with Crippen molar-refractivity contribution in [3.63, 3.8) is 0 Å². The highest BCUT2D eigenvalue weighted by atomic mass is 16.5. The highest BCUT2D eigenvalue weighted by Gasteiger charge is 2.19. The van der Waals surface area contributed by atoms with Crippen LogP contribution in [-0.4, -0.2) is 72.3 Å². The smallest absolute Gasteiger partial charge is 0.274 e. The quantitative estimate of drug-likeness (QED) is 0.910. The van der Waals surface area contributed by atoms with Crippen LogP contribution in [0.15, 0.2) is 24.3 Å². The van der Waals surface area contributed by atoms with E-state index in [0.717, 1.165) is 43.8 Å². The van der Waals surface area contributed by atoms with E-state index >= 15 is 0 Å². The Kier molecular flexibility index (Phi) is 4.17. The highest BCUT2D eigenvalue weighted by molar-refractivity contribution is 6.04. The number of amides is 1. The third-order valence-corrected chi connectivity index (χ3v) is 3.87. The molecule has 0 saturated carbocycles. The molecule has 2 heterocycles. The summed E-state index contributed by atoms with van der Waals surface area (Å²) in [4.78, 5) is 16.5. The molecular weight excluding hydrogens is 268 g/mol. The lowest BCUT2D eigenvalue weighted by Crippen LogP contribution is -2.42. The SMILES string of the molecule is CN(CCN1CCOCC1)C(=O)c1n[nH]c2ccccc12. The van der Waals surface area contributed by atoms with Crippen LogP contribution in [0.5, 0.6) is 0 Å². The van der Waals surface area contributed by atoms with Gasteiger partial charge >= 0.3 is 0 Å². The zero-order valence-corrected chi connectivity index (χ0v) is 12.2. The Hall–Kier alpha value is -1.92. The van der Waals surface area contributed by atoms with Crippen LogP contribution in [0.3, 0.4) is 0 Å². The molecular formula is C15H20N4O2. The van der Waals surface area contributed by atoms with Gasteiger partial charge in [-0.15, -0.1) is 0 Å². The Morgan fingerprint density at radius 3 is 2.95 bits per heavy atom. The first-order valence-electron chi connectivity index (χ1n) is 7.24. The van der Waals surface area contributed by atoms with Gasteiger partial charge in [-0.3, -0.25) is 14.8 Å². The largest absolute Gasteiger partial charge is 0.379 e. The molecule has 1 aliphatic rings. The lowest BCUT2D eigenvalue weighted by atomic mass is 10.2. The number of benzene rings is 1. The fraction of sp³-hybridized carbons (Fsp3) is 0.467. The number of carbonyl (C=O) groups excluding carboxylic acids is 1. The number of likely N-dealkylation sites (N-methyl/N-ethyl adjacent to an activating group) is 1. The van der Waals surface area contributed by atoms with E-state index in [2.05, 4.69) is 15.1 Å². The molecule has 2 aromatic rings. The summed E-state index contributed by atoms with van der Waals surface area (Å²) in [5.74, 6) is -0.0410. The maximum absolute atomic E-state index is 12.5. The number of hydrogen-bond donors (Lipinski definition) is 1. The first-order chi connectivity index (χ1) is 10.3. The van der Waals surface area contributed by atoms with Crippen LogP contribution in [-0.2, 0) is 4.74 Å². The van der Waals surface area contributed by atoms with E-state index < -0.39 is 0 Å². The minimum atomic E-state index is -0.0410. The zero-order chi connectivity index (χ0) is 14.7. The second-order valence-electron chi connectivity index (χ2n) is 5.30. The molecule has 1 fully saturated rings. The predicted molar refractivity (Wildman–Crippen MR) is 80.3 cm³/mol. The Morgan fingerprint density at radius 1 is 1.38 bits per heavy atom. The van der Waals surface area contributed by atoms with Gasteiger partial charge in [0.2, 0.25) is 0 Å². The Labute approximate surface area is 123 Å². The number of aromatic nitrogens is 2. The summed E-state index contributed by atoms with van der Waals surface area (Å²) >= 11 is 0. The van der Waals surface area contributed by atoms with Gasteiger partial charge in [-0.1, -0.05) is 18.2 Å². The van der Waals surface area contributed by atoms with E-state index in [4.69, 9.17) is 4.74 Å². The molecule has 6 heteroatoms. The van der Waals surface area contributed by atoms with Crippen LogP contribution in [0.2, 0.25) is 0 Å². The summed E-state index contributed by atoms with van der Waals surface area (Å²) < 4.78 is 5.32. The molecule has 1 N–H and O–H groups in total. The first-order valence-corrected chi connectivity index (χ1v) is 7.24. The third kappa shape index (κ3) is 3.06. The molecule has 0 aliphatic carbocycles. The van der Waals surface area contributed by atoms with E-state index in [0.29, 0.717) is 12.2 Å². The van der Waals surface area contributed by atoms with Gasteiger partial charge in [0.15, 0.2) is 5.69 Å². The van der Waals surface area contributed by atoms with Crippen LogP contribution in [0.4, 0.5) is 0 Å². The fourth-order valence-electron chi connectivity index (χ4n) is 2.53. The van der Waals surface area contributed by atoms with E-state index in [-0.39, 0.29) is 5.91 Å². The number of aromatic amines is 1. The number of hydrogen-bond acceptors (Lipinski definition) is 4. The van der Waals surface area contributed by atoms with Crippen LogP contribution in [0.25, 0.3) is 10.9 Å². The highest BCUT2D eigenvalue weighted by Crippen LogP contribution is 2.16. The van der Waals surface area contributed by atoms with Crippen LogP contribution in [0.1, 0.15) is 10.5 Å². The molecule has 0 unspecified atom stereocenters. The molecule has 0 bridgehead atoms. The van der Waals surface area contributed by atoms with Gasteiger partial charge in [-0.25, -0.2) is 0 Å². The number of fused-ring (bicyclic) bond motifs is 1. The number of H-pyrrole nitrogens is 1. The molecule has 1 aromatic heterocycles. The van der Waals surface area contributed by atoms with Crippen molar-refractivity contribution < 1.29 is 9.53 Å². The monoisotopic (exact) mass is 288 g/mol. The zero-order valence-electron chi connectivity index (χ0n) is 12.2. The summed E-state index contributed by atoms with van der Waals surface area (Å²) in [5.41, 5.74) is 1.39. The van der Waals surface area contributed by atoms with Crippen molar-refractivity contribution in [3.8, 4) is 0 Å². The molecule has 0 spiro atoms. The lowest BCUT2D eigenvalue weighted by Gasteiger charge is -2.28. The fourth-order valence-corrected chi connectivity index (χ4v) is 2.53. The minimum Gasteiger partial charge on any atom is -0.379 e. The van der Waals surface area contributed by atoms with Gasteiger partial charge in [0, 0.05) is 38.6 Å². The third-order valence-electron chi connectivity index (χ3n) is 3.87. The Morgan fingerprint density at radius 2 is 2.14 bits per heavy atom. The standard InChI is InChI=1S/C15H20N4O2/c1-18(6-7-19-8-10-21-11-9-19)15(20)14-12-4-2-3-5-13(12)16-17-14/h2-5H,6-11H2,1H3,(H,16,17). The van der Waals surface area contributed by atoms with Crippen molar-refractivity contribution in [3.05, 3.63) is 30.0 Å². The Balaban J connectivity index is 1.64. The average molecular weight is 288 g/mol. The molecule has 1 saturated heterocycles. The van der Waals surface area contributed by atoms with Crippen LogP contribution in [0, 0.1) is 0 Å². The number of morpholine rings is 1. The summed E-state index contributed by atoms with van der Waals surface area (Å²) in [6.07, 6.45) is 0. The van der Waals surface area contributed by atoms with Crippen molar-refractivity contribution in [2.45, 2.75) is 0 Å². The van der Waals surface area contributed by atoms with Crippen LogP contribution >= 0.6 is 0 Å². The first kappa shape index (κ1) is 14.0. The van der Waals surface area contributed by atoms with E-state index in [1.54, 1.807) is 4.90 Å². The number of carbonyl (C=O) groups is 1. The number of ether oxygens (including phenoxy) is 1. The van der Waals surface area contributed by atoms with Crippen molar-refractivity contribution in [1.29, 1.82) is 0 Å². The topological polar surface area (TPSA) is 61.5 Å². The number of para-hydroxylation sites is 1. The molecule has 1 amide bonds. The normalized spacial score (nSPS) is 16.2. The number of rotatable bonds is 4. The van der Waals surface area contributed by atoms with Gasteiger partial charge in [0.05, 0.1) is 18.7 Å². The van der Waals surface area contributed by atoms with Gasteiger partial charge in [0.25, 0.3) is 5.91 Å². The van der Waals surface area contributed by atoms with Crippen LogP contribution < -0.4 is 0 Å². The van der Waals surface area contributed by atoms with Crippen molar-refractivity contribution in [2.24, 2.45) is 0 Å². The summed E-state index contributed by atoms with van der Waals surface area (Å²) in [6, 6.07) is 7.69. The maximum Gasteiger partial charge on any atom is 0.274 e. The van der Waals surface area contributed by atoms with E-state index in [9.17, 15) is 4.79 Å². The molecule has 1 aliphatic heterocycles. The second-order valence-corrected chi connectivity index (χ2v) is 5.30. The lowest BCUT2D eigenvalue weighted by molar-refractivity contribution is 0.0338. The van der Waals surface area contributed by atoms with Gasteiger partial charge < -0.3 is 9.64 Å². The van der Waals surface area contributed by atoms with E-state index in [1.165, 1.54) is 0 Å². The molecule has 112 valence electrons. The van der Waals surface area contributed by atoms with Crippen molar-refractivity contribution in [2.75, 3.05) is 46.4 Å². The molecule has 0 radical (unpaired) electrons. The van der Waals surface area contributed by atoms with Crippen molar-refractivity contribution in [1.82, 2.24) is 20.0 Å². The molecule has 3 rings (SSSR count). The predicted octanol–water partition coefficient (Wildman–Crippen LogP) is 0.967. The van der Waals surface area contributed by atoms with Gasteiger partial charge in [-0.05, 0) is 6.07 Å². The number of nitrogens with zero attached hydrogens (tertiary/aromatic N) is 3. The van der Waals surface area contributed by atoms with E-state index in [1.807, 2.05) is 31.3 Å². The minimum absolute atomic E-state index is 0.0410. The maximum atomic E-state index is 12.5. The number of nitrogens with one attached hydrogen (secondary N) is 1. The molecule has 21 heavy (non-hydrogen) atoms. The summed E-state index contributed by atoms with van der Waals surface area (Å²) in [7, 11) is 1.83. The Bertz CT molecular complexity index is 619. The molecule has 6 nitrogen and oxygen atoms in total. The van der Waals surface area contributed by atoms with Crippen molar-refractivity contribution >= 4 is 16.8 Å². The molecule has 1 aromatic carbocycles. The summed E-state index contributed by atoms with van der Waals surface area (Å²) in [6.45, 7) is 5.00. The van der Waals surface area contributed by atoms with Gasteiger partial charge in [0.1, 0.15) is 0 Å². The second kappa shape index (κ2) is 6.24. The van der Waals surface area contributed by atoms with Gasteiger partial charge in [-0.2, -0.15) is 5.10 Å². The summed E-state index contributed by atoms with van der Waals surface area (Å²) in [5, 5.41) is 7.94. The average Bonchev–Trinajstić information content (AvgIpc) is 2.97.